The third-order valence-corrected chi connectivity index (χ3v) is 8.93. The number of sulfonamides is 2. The van der Waals surface area contributed by atoms with Gasteiger partial charge in [-0.3, -0.25) is 4.79 Å². The summed E-state index contributed by atoms with van der Waals surface area (Å²) in [5.41, 5.74) is 0. The molecule has 2 rings (SSSR count). The third-order valence-electron chi connectivity index (χ3n) is 4.99. The van der Waals surface area contributed by atoms with Crippen LogP contribution in [0.3, 0.4) is 0 Å². The van der Waals surface area contributed by atoms with Gasteiger partial charge in [0.15, 0.2) is 0 Å². The Bertz CT molecular complexity index is 908. The molecule has 0 radical (unpaired) electrons. The van der Waals surface area contributed by atoms with Crippen molar-refractivity contribution in [1.82, 2.24) is 13.9 Å². The molecule has 0 aromatic heterocycles. The molecule has 8 nitrogen and oxygen atoms in total. The van der Waals surface area contributed by atoms with Gasteiger partial charge < -0.3 is 5.32 Å². The Hall–Kier alpha value is -1.49. The van der Waals surface area contributed by atoms with Crippen LogP contribution in [0, 0.1) is 5.92 Å². The second kappa shape index (κ2) is 9.55. The Labute approximate surface area is 174 Å². The largest absolute Gasteiger partial charge is 0.354 e. The topological polar surface area (TPSA) is 104 Å². The summed E-state index contributed by atoms with van der Waals surface area (Å²) in [6.07, 6.45) is 1.25. The highest BCUT2D eigenvalue weighted by molar-refractivity contribution is 7.89. The lowest BCUT2D eigenvalue weighted by Gasteiger charge is -2.31. The van der Waals surface area contributed by atoms with Gasteiger partial charge >= 0.3 is 0 Å². The molecule has 1 saturated heterocycles. The molecule has 0 unspecified atom stereocenters. The van der Waals surface area contributed by atoms with Gasteiger partial charge in [-0.25, -0.2) is 16.8 Å². The minimum absolute atomic E-state index is 0.00483. The number of hydrogen-bond acceptors (Lipinski definition) is 5. The number of carbonyl (C=O) groups excluding carboxylic acids is 1. The molecule has 1 aromatic rings. The molecule has 0 bridgehead atoms. The van der Waals surface area contributed by atoms with Crippen LogP contribution in [0.5, 0.6) is 0 Å². The Morgan fingerprint density at radius 3 is 2.17 bits per heavy atom. The summed E-state index contributed by atoms with van der Waals surface area (Å²) in [5, 5.41) is 2.84. The standard InChI is InChI=1S/C19H31N3O5S2/c1-5-21(6-2)28(24,25)17-9-11-18(12-10-17)29(26,27)22-13-7-8-16(14-22)19(23)20-15(3)4/h9-12,15-16H,5-8,13-14H2,1-4H3,(H,20,23)/t16-/m1/s1. The summed E-state index contributed by atoms with van der Waals surface area (Å²) in [6.45, 7) is 8.38. The van der Waals surface area contributed by atoms with Crippen molar-refractivity contribution in [2.24, 2.45) is 5.92 Å². The van der Waals surface area contributed by atoms with Crippen LogP contribution in [0.4, 0.5) is 0 Å². The lowest BCUT2D eigenvalue weighted by molar-refractivity contribution is -0.126. The Morgan fingerprint density at radius 2 is 1.66 bits per heavy atom. The zero-order valence-corrected chi connectivity index (χ0v) is 19.1. The molecule has 29 heavy (non-hydrogen) atoms. The third kappa shape index (κ3) is 5.36. The summed E-state index contributed by atoms with van der Waals surface area (Å²) in [6, 6.07) is 5.29. The fraction of sp³-hybridized carbons (Fsp3) is 0.632. The monoisotopic (exact) mass is 445 g/mol. The van der Waals surface area contributed by atoms with Crippen molar-refractivity contribution >= 4 is 26.0 Å². The molecule has 1 heterocycles. The normalized spacial score (nSPS) is 18.9. The summed E-state index contributed by atoms with van der Waals surface area (Å²) < 4.78 is 53.8. The maximum Gasteiger partial charge on any atom is 0.243 e. The first kappa shape index (κ1) is 23.8. The maximum absolute atomic E-state index is 13.0. The summed E-state index contributed by atoms with van der Waals surface area (Å²) >= 11 is 0. The molecular formula is C19H31N3O5S2. The molecule has 10 heteroatoms. The number of benzene rings is 1. The highest BCUT2D eigenvalue weighted by atomic mass is 32.2. The van der Waals surface area contributed by atoms with Crippen LogP contribution >= 0.6 is 0 Å². The SMILES string of the molecule is CCN(CC)S(=O)(=O)c1ccc(S(=O)(=O)N2CCC[C@@H](C(=O)NC(C)C)C2)cc1. The zero-order valence-electron chi connectivity index (χ0n) is 17.5. The summed E-state index contributed by atoms with van der Waals surface area (Å²) in [7, 11) is -7.45. The molecule has 0 spiro atoms. The lowest BCUT2D eigenvalue weighted by Crippen LogP contribution is -2.46. The first-order chi connectivity index (χ1) is 13.5. The van der Waals surface area contributed by atoms with E-state index < -0.39 is 20.0 Å². The quantitative estimate of drug-likeness (QED) is 0.655. The number of carbonyl (C=O) groups is 1. The van der Waals surface area contributed by atoms with Gasteiger partial charge in [0.1, 0.15) is 0 Å². The predicted molar refractivity (Wildman–Crippen MR) is 111 cm³/mol. The molecule has 0 saturated carbocycles. The molecule has 1 aromatic carbocycles. The van der Waals surface area contributed by atoms with Crippen LogP contribution in [0.2, 0.25) is 0 Å². The van der Waals surface area contributed by atoms with E-state index in [1.807, 2.05) is 13.8 Å². The van der Waals surface area contributed by atoms with Gasteiger partial charge in [0.2, 0.25) is 26.0 Å². The first-order valence-corrected chi connectivity index (χ1v) is 12.8. The Morgan fingerprint density at radius 1 is 1.10 bits per heavy atom. The van der Waals surface area contributed by atoms with Gasteiger partial charge in [0.25, 0.3) is 0 Å². The summed E-state index contributed by atoms with van der Waals surface area (Å²) in [4.78, 5) is 12.4. The van der Waals surface area contributed by atoms with E-state index in [9.17, 15) is 21.6 Å². The Kier molecular flexibility index (Phi) is 7.83. The number of rotatable bonds is 8. The highest BCUT2D eigenvalue weighted by Crippen LogP contribution is 2.25. The number of nitrogens with one attached hydrogen (secondary N) is 1. The van der Waals surface area contributed by atoms with Gasteiger partial charge in [-0.2, -0.15) is 8.61 Å². The average Bonchev–Trinajstić information content (AvgIpc) is 2.68. The van der Waals surface area contributed by atoms with Crippen molar-refractivity contribution < 1.29 is 21.6 Å². The first-order valence-electron chi connectivity index (χ1n) is 9.94. The van der Waals surface area contributed by atoms with Crippen LogP contribution in [0.1, 0.15) is 40.5 Å². The van der Waals surface area contributed by atoms with Crippen molar-refractivity contribution in [3.05, 3.63) is 24.3 Å². The predicted octanol–water partition coefficient (Wildman–Crippen LogP) is 1.64. The second-order valence-corrected chi connectivity index (χ2v) is 11.3. The number of hydrogen-bond donors (Lipinski definition) is 1. The van der Waals surface area contributed by atoms with Crippen molar-refractivity contribution in [3.8, 4) is 0 Å². The molecule has 1 amide bonds. The molecule has 1 aliphatic heterocycles. The minimum atomic E-state index is -3.81. The fourth-order valence-electron chi connectivity index (χ4n) is 3.42. The van der Waals surface area contributed by atoms with Crippen LogP contribution in [0.15, 0.2) is 34.1 Å². The molecule has 1 aliphatic rings. The second-order valence-electron chi connectivity index (χ2n) is 7.43. The van der Waals surface area contributed by atoms with Crippen molar-refractivity contribution in [1.29, 1.82) is 0 Å². The molecular weight excluding hydrogens is 414 g/mol. The van der Waals surface area contributed by atoms with E-state index in [-0.39, 0.29) is 34.2 Å². The van der Waals surface area contributed by atoms with Crippen LogP contribution < -0.4 is 5.32 Å². The van der Waals surface area contributed by atoms with E-state index in [2.05, 4.69) is 5.32 Å². The van der Waals surface area contributed by atoms with E-state index in [1.54, 1.807) is 13.8 Å². The molecule has 1 atom stereocenters. The van der Waals surface area contributed by atoms with E-state index in [1.165, 1.54) is 32.9 Å². The van der Waals surface area contributed by atoms with Crippen molar-refractivity contribution in [3.63, 3.8) is 0 Å². The smallest absolute Gasteiger partial charge is 0.243 e. The minimum Gasteiger partial charge on any atom is -0.354 e. The molecule has 1 N–H and O–H groups in total. The van der Waals surface area contributed by atoms with Crippen LogP contribution in [0.25, 0.3) is 0 Å². The van der Waals surface area contributed by atoms with Crippen LogP contribution in [-0.2, 0) is 24.8 Å². The average molecular weight is 446 g/mol. The molecule has 1 fully saturated rings. The lowest BCUT2D eigenvalue weighted by atomic mass is 9.98. The molecule has 164 valence electrons. The number of piperidine rings is 1. The highest BCUT2D eigenvalue weighted by Gasteiger charge is 2.33. The number of nitrogens with zero attached hydrogens (tertiary/aromatic N) is 2. The Balaban J connectivity index is 2.22. The van der Waals surface area contributed by atoms with Gasteiger partial charge in [-0.15, -0.1) is 0 Å². The van der Waals surface area contributed by atoms with Crippen molar-refractivity contribution in [2.75, 3.05) is 26.2 Å². The number of amides is 1. The fourth-order valence-corrected chi connectivity index (χ4v) is 6.40. The van der Waals surface area contributed by atoms with Gasteiger partial charge in [0, 0.05) is 32.2 Å². The van der Waals surface area contributed by atoms with Crippen molar-refractivity contribution in [2.45, 2.75) is 56.4 Å². The van der Waals surface area contributed by atoms with Crippen LogP contribution in [-0.4, -0.2) is 63.6 Å². The van der Waals surface area contributed by atoms with Gasteiger partial charge in [-0.05, 0) is 51.0 Å². The zero-order chi connectivity index (χ0) is 21.8. The van der Waals surface area contributed by atoms with E-state index in [4.69, 9.17) is 0 Å². The van der Waals surface area contributed by atoms with Gasteiger partial charge in [0.05, 0.1) is 15.7 Å². The van der Waals surface area contributed by atoms with E-state index >= 15 is 0 Å². The maximum atomic E-state index is 13.0. The molecule has 0 aliphatic carbocycles. The summed E-state index contributed by atoms with van der Waals surface area (Å²) in [5.74, 6) is -0.524. The van der Waals surface area contributed by atoms with E-state index in [0.717, 1.165) is 0 Å². The van der Waals surface area contributed by atoms with Gasteiger partial charge in [-0.1, -0.05) is 13.8 Å². The van der Waals surface area contributed by atoms with E-state index in [0.29, 0.717) is 32.5 Å².